The third-order valence-corrected chi connectivity index (χ3v) is 3.12. The monoisotopic (exact) mass is 232 g/mol. The summed E-state index contributed by atoms with van der Waals surface area (Å²) in [6, 6.07) is 4.00. The van der Waals surface area contributed by atoms with Crippen LogP contribution in [0.1, 0.15) is 12.0 Å². The molecule has 0 aromatic carbocycles. The van der Waals surface area contributed by atoms with Crippen LogP contribution in [-0.4, -0.2) is 34.3 Å². The van der Waals surface area contributed by atoms with Crippen molar-refractivity contribution in [2.75, 3.05) is 19.7 Å². The van der Waals surface area contributed by atoms with E-state index in [2.05, 4.69) is 15.4 Å². The van der Waals surface area contributed by atoms with Gasteiger partial charge in [-0.1, -0.05) is 0 Å². The van der Waals surface area contributed by atoms with Gasteiger partial charge in [-0.3, -0.25) is 0 Å². The van der Waals surface area contributed by atoms with E-state index in [1.165, 1.54) is 6.42 Å². The van der Waals surface area contributed by atoms with E-state index < -0.39 is 0 Å². The van der Waals surface area contributed by atoms with Crippen LogP contribution in [0.2, 0.25) is 0 Å². The first-order valence-electron chi connectivity index (χ1n) is 5.97. The Hall–Kier alpha value is -1.62. The second-order valence-electron chi connectivity index (χ2n) is 4.57. The zero-order chi connectivity index (χ0) is 11.7. The molecule has 3 rings (SSSR count). The van der Waals surface area contributed by atoms with Crippen molar-refractivity contribution in [1.82, 2.24) is 19.9 Å². The van der Waals surface area contributed by atoms with Crippen molar-refractivity contribution in [3.63, 3.8) is 0 Å². The molecule has 1 aliphatic rings. The van der Waals surface area contributed by atoms with Crippen LogP contribution in [0.15, 0.2) is 18.5 Å². The Bertz CT molecular complexity index is 516. The molecular weight excluding hydrogens is 216 g/mol. The molecule has 1 aliphatic heterocycles. The molecule has 1 fully saturated rings. The van der Waals surface area contributed by atoms with Gasteiger partial charge in [0, 0.05) is 18.5 Å². The van der Waals surface area contributed by atoms with Gasteiger partial charge in [0.1, 0.15) is 6.33 Å². The molecule has 0 amide bonds. The van der Waals surface area contributed by atoms with Crippen LogP contribution in [0, 0.1) is 12.8 Å². The average molecular weight is 232 g/mol. The minimum absolute atomic E-state index is 0.606. The highest BCUT2D eigenvalue weighted by Crippen LogP contribution is 2.17. The molecule has 90 valence electrons. The molecule has 2 aromatic rings. The Labute approximate surface area is 99.8 Å². The summed E-state index contributed by atoms with van der Waals surface area (Å²) in [5, 5.41) is 7.51. The third-order valence-electron chi connectivity index (χ3n) is 3.12. The van der Waals surface area contributed by atoms with Gasteiger partial charge < -0.3 is 10.1 Å². The number of pyridine rings is 1. The molecule has 1 saturated heterocycles. The molecule has 5 heteroatoms. The number of ether oxygens (including phenoxy) is 1. The van der Waals surface area contributed by atoms with E-state index >= 15 is 0 Å². The Morgan fingerprint density at radius 3 is 3.29 bits per heavy atom. The summed E-state index contributed by atoms with van der Waals surface area (Å²) in [6.45, 7) is 4.93. The van der Waals surface area contributed by atoms with Gasteiger partial charge in [0.25, 0.3) is 0 Å². The van der Waals surface area contributed by atoms with Crippen LogP contribution in [0.25, 0.3) is 5.65 Å². The van der Waals surface area contributed by atoms with Crippen LogP contribution in [0.3, 0.4) is 0 Å². The van der Waals surface area contributed by atoms with E-state index in [1.807, 2.05) is 19.1 Å². The van der Waals surface area contributed by atoms with Gasteiger partial charge in [-0.05, 0) is 31.5 Å². The second-order valence-corrected chi connectivity index (χ2v) is 4.57. The summed E-state index contributed by atoms with van der Waals surface area (Å²) in [4.78, 5) is 4.18. The highest BCUT2D eigenvalue weighted by Gasteiger charge is 2.16. The number of aromatic nitrogens is 3. The largest absolute Gasteiger partial charge is 0.477 e. The lowest BCUT2D eigenvalue weighted by atomic mass is 10.1. The minimum atomic E-state index is 0.606. The highest BCUT2D eigenvalue weighted by atomic mass is 16.5. The quantitative estimate of drug-likeness (QED) is 0.858. The van der Waals surface area contributed by atoms with Crippen LogP contribution in [0.5, 0.6) is 5.88 Å². The lowest BCUT2D eigenvalue weighted by Crippen LogP contribution is -2.16. The van der Waals surface area contributed by atoms with Gasteiger partial charge in [-0.2, -0.15) is 9.61 Å². The third kappa shape index (κ3) is 2.10. The fourth-order valence-electron chi connectivity index (χ4n) is 2.18. The first-order chi connectivity index (χ1) is 8.33. The number of fused-ring (bicyclic) bond motifs is 1. The number of hydrogen-bond acceptors (Lipinski definition) is 4. The van der Waals surface area contributed by atoms with Crippen molar-refractivity contribution in [2.24, 2.45) is 5.92 Å². The molecule has 0 spiro atoms. The number of nitrogens with zero attached hydrogens (tertiary/aromatic N) is 3. The average Bonchev–Trinajstić information content (AvgIpc) is 2.95. The zero-order valence-electron chi connectivity index (χ0n) is 9.89. The van der Waals surface area contributed by atoms with Crippen LogP contribution in [0.4, 0.5) is 0 Å². The van der Waals surface area contributed by atoms with Crippen molar-refractivity contribution in [3.8, 4) is 5.88 Å². The van der Waals surface area contributed by atoms with Gasteiger partial charge in [-0.15, -0.1) is 0 Å². The maximum Gasteiger partial charge on any atom is 0.216 e. The lowest BCUT2D eigenvalue weighted by Gasteiger charge is -2.12. The number of rotatable bonds is 3. The number of aryl methyl sites for hydroxylation is 1. The number of nitrogens with one attached hydrogen (secondary N) is 1. The molecule has 1 N–H and O–H groups in total. The van der Waals surface area contributed by atoms with Crippen molar-refractivity contribution < 1.29 is 4.74 Å². The Morgan fingerprint density at radius 1 is 1.53 bits per heavy atom. The molecule has 17 heavy (non-hydrogen) atoms. The fraction of sp³-hybridized carbons (Fsp3) is 0.500. The Kier molecular flexibility index (Phi) is 2.68. The van der Waals surface area contributed by atoms with E-state index in [9.17, 15) is 0 Å². The molecule has 5 nitrogen and oxygen atoms in total. The molecule has 1 unspecified atom stereocenters. The molecule has 0 aliphatic carbocycles. The van der Waals surface area contributed by atoms with Crippen molar-refractivity contribution in [3.05, 3.63) is 24.0 Å². The van der Waals surface area contributed by atoms with E-state index in [0.29, 0.717) is 5.92 Å². The maximum atomic E-state index is 5.86. The summed E-state index contributed by atoms with van der Waals surface area (Å²) in [6.07, 6.45) is 2.74. The van der Waals surface area contributed by atoms with Gasteiger partial charge in [0.2, 0.25) is 5.88 Å². The summed E-state index contributed by atoms with van der Waals surface area (Å²) in [5.74, 6) is 1.39. The summed E-state index contributed by atoms with van der Waals surface area (Å²) in [7, 11) is 0. The number of hydrogen-bond donors (Lipinski definition) is 1. The highest BCUT2D eigenvalue weighted by molar-refractivity contribution is 5.43. The van der Waals surface area contributed by atoms with E-state index in [4.69, 9.17) is 4.74 Å². The van der Waals surface area contributed by atoms with Crippen molar-refractivity contribution >= 4 is 5.65 Å². The Balaban J connectivity index is 1.81. The van der Waals surface area contributed by atoms with Gasteiger partial charge in [-0.25, -0.2) is 4.98 Å². The summed E-state index contributed by atoms with van der Waals surface area (Å²) >= 11 is 0. The molecule has 0 saturated carbocycles. The fourth-order valence-corrected chi connectivity index (χ4v) is 2.18. The second kappa shape index (κ2) is 4.33. The standard InChI is InChI=1S/C12H16N4O/c1-9-4-11-14-8-15-16(11)12(5-9)17-7-10-2-3-13-6-10/h4-5,8,10,13H,2-3,6-7H2,1H3. The van der Waals surface area contributed by atoms with Gasteiger partial charge in [0.15, 0.2) is 5.65 Å². The first kappa shape index (κ1) is 10.5. The first-order valence-corrected chi connectivity index (χ1v) is 5.97. The smallest absolute Gasteiger partial charge is 0.216 e. The molecule has 0 bridgehead atoms. The normalized spacial score (nSPS) is 19.9. The van der Waals surface area contributed by atoms with Crippen LogP contribution < -0.4 is 10.1 Å². The lowest BCUT2D eigenvalue weighted by molar-refractivity contribution is 0.245. The molecule has 0 radical (unpaired) electrons. The van der Waals surface area contributed by atoms with E-state index in [0.717, 1.165) is 36.8 Å². The molecule has 3 heterocycles. The SMILES string of the molecule is Cc1cc(OCC2CCNC2)n2ncnc2c1. The van der Waals surface area contributed by atoms with E-state index in [1.54, 1.807) is 10.8 Å². The summed E-state index contributed by atoms with van der Waals surface area (Å²) < 4.78 is 7.61. The molecule has 2 aromatic heterocycles. The minimum Gasteiger partial charge on any atom is -0.477 e. The molecular formula is C12H16N4O. The summed E-state index contributed by atoms with van der Waals surface area (Å²) in [5.41, 5.74) is 1.98. The van der Waals surface area contributed by atoms with Crippen LogP contribution in [-0.2, 0) is 0 Å². The topological polar surface area (TPSA) is 51.5 Å². The van der Waals surface area contributed by atoms with Gasteiger partial charge in [0.05, 0.1) is 6.61 Å². The van der Waals surface area contributed by atoms with E-state index in [-0.39, 0.29) is 0 Å². The Morgan fingerprint density at radius 2 is 2.47 bits per heavy atom. The predicted octanol–water partition coefficient (Wildman–Crippen LogP) is 1.03. The zero-order valence-corrected chi connectivity index (χ0v) is 9.89. The van der Waals surface area contributed by atoms with Crippen molar-refractivity contribution in [2.45, 2.75) is 13.3 Å². The molecule has 1 atom stereocenters. The van der Waals surface area contributed by atoms with Crippen LogP contribution >= 0.6 is 0 Å². The van der Waals surface area contributed by atoms with Crippen molar-refractivity contribution in [1.29, 1.82) is 0 Å². The maximum absolute atomic E-state index is 5.86. The van der Waals surface area contributed by atoms with Gasteiger partial charge >= 0.3 is 0 Å². The predicted molar refractivity (Wildman–Crippen MR) is 64.2 cm³/mol.